The van der Waals surface area contributed by atoms with Gasteiger partial charge in [0.1, 0.15) is 5.75 Å². The van der Waals surface area contributed by atoms with Crippen LogP contribution in [-0.4, -0.2) is 38.8 Å². The zero-order valence-electron chi connectivity index (χ0n) is 16.9. The van der Waals surface area contributed by atoms with Gasteiger partial charge in [-0.3, -0.25) is 4.79 Å². The summed E-state index contributed by atoms with van der Waals surface area (Å²) in [6.45, 7) is 3.10. The highest BCUT2D eigenvalue weighted by Crippen LogP contribution is 2.23. The van der Waals surface area contributed by atoms with E-state index < -0.39 is 10.0 Å². The Labute approximate surface area is 172 Å². The minimum atomic E-state index is -3.38. The first kappa shape index (κ1) is 21.3. The second kappa shape index (κ2) is 9.41. The van der Waals surface area contributed by atoms with Crippen molar-refractivity contribution in [2.45, 2.75) is 32.1 Å². The molecule has 0 aromatic heterocycles. The quantitative estimate of drug-likeness (QED) is 0.753. The number of benzene rings is 2. The first-order valence-electron chi connectivity index (χ1n) is 9.82. The Bertz CT molecular complexity index is 951. The van der Waals surface area contributed by atoms with Crippen molar-refractivity contribution in [2.75, 3.05) is 20.2 Å². The van der Waals surface area contributed by atoms with Crippen LogP contribution in [0.15, 0.2) is 48.5 Å². The SMILES string of the molecule is COc1ccccc1CNC(=O)C1CCN(S(=O)(=O)Cc2cccc(C)c2)CC1. The van der Waals surface area contributed by atoms with Crippen molar-refractivity contribution in [2.24, 2.45) is 5.92 Å². The number of carbonyl (C=O) groups is 1. The van der Waals surface area contributed by atoms with E-state index in [4.69, 9.17) is 4.74 Å². The lowest BCUT2D eigenvalue weighted by Crippen LogP contribution is -2.43. The van der Waals surface area contributed by atoms with Gasteiger partial charge in [0, 0.05) is 31.1 Å². The fraction of sp³-hybridized carbons (Fsp3) is 0.409. The molecular weight excluding hydrogens is 388 g/mol. The van der Waals surface area contributed by atoms with Crippen molar-refractivity contribution in [1.29, 1.82) is 0 Å². The van der Waals surface area contributed by atoms with E-state index in [2.05, 4.69) is 5.32 Å². The first-order valence-corrected chi connectivity index (χ1v) is 11.4. The molecule has 1 heterocycles. The van der Waals surface area contributed by atoms with Gasteiger partial charge >= 0.3 is 0 Å². The number of rotatable bonds is 7. The highest BCUT2D eigenvalue weighted by Gasteiger charge is 2.31. The third-order valence-electron chi connectivity index (χ3n) is 5.30. The molecule has 0 atom stereocenters. The van der Waals surface area contributed by atoms with Gasteiger partial charge in [-0.05, 0) is 31.4 Å². The fourth-order valence-electron chi connectivity index (χ4n) is 3.68. The summed E-state index contributed by atoms with van der Waals surface area (Å²) in [4.78, 5) is 12.5. The molecule has 1 amide bonds. The van der Waals surface area contributed by atoms with Crippen molar-refractivity contribution in [3.8, 4) is 5.75 Å². The van der Waals surface area contributed by atoms with Crippen molar-refractivity contribution >= 4 is 15.9 Å². The van der Waals surface area contributed by atoms with E-state index >= 15 is 0 Å². The Balaban J connectivity index is 1.52. The molecule has 1 N–H and O–H groups in total. The van der Waals surface area contributed by atoms with Gasteiger partial charge in [-0.25, -0.2) is 12.7 Å². The minimum absolute atomic E-state index is 0.000650. The molecule has 1 saturated heterocycles. The first-order chi connectivity index (χ1) is 13.9. The normalized spacial score (nSPS) is 15.8. The fourth-order valence-corrected chi connectivity index (χ4v) is 5.23. The number of sulfonamides is 1. The summed E-state index contributed by atoms with van der Waals surface area (Å²) < 4.78 is 32.3. The Morgan fingerprint density at radius 2 is 1.86 bits per heavy atom. The van der Waals surface area contributed by atoms with E-state index in [1.165, 1.54) is 4.31 Å². The lowest BCUT2D eigenvalue weighted by Gasteiger charge is -2.30. The van der Waals surface area contributed by atoms with Crippen molar-refractivity contribution in [3.05, 3.63) is 65.2 Å². The number of carbonyl (C=O) groups excluding carboxylic acids is 1. The number of methoxy groups -OCH3 is 1. The van der Waals surface area contributed by atoms with Crippen molar-refractivity contribution in [1.82, 2.24) is 9.62 Å². The lowest BCUT2D eigenvalue weighted by molar-refractivity contribution is -0.126. The number of para-hydroxylation sites is 1. The molecular formula is C22H28N2O4S. The summed E-state index contributed by atoms with van der Waals surface area (Å²) in [7, 11) is -1.78. The lowest BCUT2D eigenvalue weighted by atomic mass is 9.97. The van der Waals surface area contributed by atoms with Crippen molar-refractivity contribution < 1.29 is 17.9 Å². The number of ether oxygens (including phenoxy) is 1. The van der Waals surface area contributed by atoms with Crippen LogP contribution in [0.4, 0.5) is 0 Å². The highest BCUT2D eigenvalue weighted by molar-refractivity contribution is 7.88. The number of nitrogens with zero attached hydrogens (tertiary/aromatic N) is 1. The van der Waals surface area contributed by atoms with Gasteiger partial charge in [-0.15, -0.1) is 0 Å². The van der Waals surface area contributed by atoms with Gasteiger partial charge in [0.2, 0.25) is 15.9 Å². The molecule has 0 unspecified atom stereocenters. The van der Waals surface area contributed by atoms with Crippen LogP contribution in [-0.2, 0) is 27.1 Å². The zero-order chi connectivity index (χ0) is 20.9. The van der Waals surface area contributed by atoms with Crippen LogP contribution in [0.3, 0.4) is 0 Å². The van der Waals surface area contributed by atoms with Gasteiger partial charge in [-0.1, -0.05) is 48.0 Å². The molecule has 1 aliphatic rings. The molecule has 3 rings (SSSR count). The van der Waals surface area contributed by atoms with E-state index in [1.807, 2.05) is 55.5 Å². The molecule has 156 valence electrons. The molecule has 0 saturated carbocycles. The summed E-state index contributed by atoms with van der Waals surface area (Å²) in [5.74, 6) is 0.533. The van der Waals surface area contributed by atoms with Gasteiger partial charge in [-0.2, -0.15) is 0 Å². The second-order valence-corrected chi connectivity index (χ2v) is 9.42. The van der Waals surface area contributed by atoms with Crippen LogP contribution >= 0.6 is 0 Å². The monoisotopic (exact) mass is 416 g/mol. The predicted octanol–water partition coefficient (Wildman–Crippen LogP) is 2.86. The molecule has 2 aromatic carbocycles. The van der Waals surface area contributed by atoms with E-state index in [9.17, 15) is 13.2 Å². The van der Waals surface area contributed by atoms with Crippen LogP contribution in [0.1, 0.15) is 29.5 Å². The Morgan fingerprint density at radius 3 is 2.55 bits per heavy atom. The van der Waals surface area contributed by atoms with Crippen molar-refractivity contribution in [3.63, 3.8) is 0 Å². The molecule has 7 heteroatoms. The van der Waals surface area contributed by atoms with Crippen LogP contribution in [0.25, 0.3) is 0 Å². The highest BCUT2D eigenvalue weighted by atomic mass is 32.2. The third kappa shape index (κ3) is 5.58. The number of hydrogen-bond acceptors (Lipinski definition) is 4. The Hall–Kier alpha value is -2.38. The van der Waals surface area contributed by atoms with Gasteiger partial charge in [0.05, 0.1) is 12.9 Å². The average molecular weight is 417 g/mol. The van der Waals surface area contributed by atoms with Gasteiger partial charge < -0.3 is 10.1 Å². The summed E-state index contributed by atoms with van der Waals surface area (Å²) in [5, 5.41) is 2.96. The topological polar surface area (TPSA) is 75.7 Å². The molecule has 2 aromatic rings. The van der Waals surface area contributed by atoms with Crippen LogP contribution < -0.4 is 10.1 Å². The number of piperidine rings is 1. The summed E-state index contributed by atoms with van der Waals surface area (Å²) in [5.41, 5.74) is 2.76. The maximum absolute atomic E-state index is 12.7. The average Bonchev–Trinajstić information content (AvgIpc) is 2.72. The summed E-state index contributed by atoms with van der Waals surface area (Å²) in [6.07, 6.45) is 1.07. The zero-order valence-corrected chi connectivity index (χ0v) is 17.7. The van der Waals surface area contributed by atoms with Crippen LogP contribution in [0.2, 0.25) is 0 Å². The molecule has 1 aliphatic heterocycles. The molecule has 0 bridgehead atoms. The largest absolute Gasteiger partial charge is 0.496 e. The molecule has 29 heavy (non-hydrogen) atoms. The molecule has 0 aliphatic carbocycles. The van der Waals surface area contributed by atoms with Gasteiger partial charge in [0.15, 0.2) is 0 Å². The molecule has 1 fully saturated rings. The summed E-state index contributed by atoms with van der Waals surface area (Å²) >= 11 is 0. The summed E-state index contributed by atoms with van der Waals surface area (Å²) in [6, 6.07) is 15.1. The maximum Gasteiger partial charge on any atom is 0.223 e. The second-order valence-electron chi connectivity index (χ2n) is 7.45. The van der Waals surface area contributed by atoms with Crippen LogP contribution in [0.5, 0.6) is 5.75 Å². The molecule has 0 spiro atoms. The van der Waals surface area contributed by atoms with E-state index in [1.54, 1.807) is 7.11 Å². The molecule has 0 radical (unpaired) electrons. The number of aryl methyl sites for hydroxylation is 1. The number of hydrogen-bond donors (Lipinski definition) is 1. The van der Waals surface area contributed by atoms with Gasteiger partial charge in [0.25, 0.3) is 0 Å². The standard InChI is InChI=1S/C22H28N2O4S/c1-17-6-5-7-18(14-17)16-29(26,27)24-12-10-19(11-13-24)22(25)23-15-20-8-3-4-9-21(20)28-2/h3-9,14,19H,10-13,15-16H2,1-2H3,(H,23,25). The van der Waals surface area contributed by atoms with E-state index in [-0.39, 0.29) is 17.6 Å². The van der Waals surface area contributed by atoms with E-state index in [0.29, 0.717) is 32.5 Å². The van der Waals surface area contributed by atoms with E-state index in [0.717, 1.165) is 22.4 Å². The maximum atomic E-state index is 12.7. The number of amides is 1. The minimum Gasteiger partial charge on any atom is -0.496 e. The molecule has 6 nitrogen and oxygen atoms in total. The third-order valence-corrected chi connectivity index (χ3v) is 7.15. The Morgan fingerprint density at radius 1 is 1.14 bits per heavy atom. The number of nitrogens with one attached hydrogen (secondary N) is 1. The van der Waals surface area contributed by atoms with Crippen LogP contribution in [0, 0.1) is 12.8 Å². The predicted molar refractivity (Wildman–Crippen MR) is 113 cm³/mol. The smallest absolute Gasteiger partial charge is 0.223 e. The Kier molecular flexibility index (Phi) is 6.92.